The van der Waals surface area contributed by atoms with Crippen molar-refractivity contribution in [1.29, 1.82) is 5.41 Å². The third kappa shape index (κ3) is 5400. The van der Waals surface area contributed by atoms with E-state index in [0.29, 0.717) is 5.71 Å². The Kier molecular flexibility index (Phi) is 71.3. The molecule has 0 aliphatic rings. The van der Waals surface area contributed by atoms with E-state index in [1.807, 2.05) is 13.8 Å². The fourth-order valence-electron chi connectivity index (χ4n) is 0. The molecule has 1 N–H and O–H groups in total. The lowest BCUT2D eigenvalue weighted by molar-refractivity contribution is -0.114. The van der Waals surface area contributed by atoms with Crippen molar-refractivity contribution in [2.75, 3.05) is 0 Å². The molecule has 0 saturated carbocycles. The van der Waals surface area contributed by atoms with Gasteiger partial charge in [0.05, 0.1) is 0 Å². The minimum Gasteiger partial charge on any atom is -0.310 e. The van der Waals surface area contributed by atoms with Crippen LogP contribution >= 0.6 is 12.2 Å². The van der Waals surface area contributed by atoms with Crippen LogP contribution in [0.2, 0.25) is 0 Å². The Labute approximate surface area is 103 Å². The summed E-state index contributed by atoms with van der Waals surface area (Å²) in [4.78, 5) is 10.4. The summed E-state index contributed by atoms with van der Waals surface area (Å²) in [5.74, 6) is 0.167. The van der Waals surface area contributed by atoms with Gasteiger partial charge in [-0.2, -0.15) is 0 Å². The third-order valence-electron chi connectivity index (χ3n) is 0. The molecular weight excluding hydrogens is 206 g/mol. The second kappa shape index (κ2) is 29.2. The summed E-state index contributed by atoms with van der Waals surface area (Å²) in [6, 6.07) is 0. The number of carbonyl (C=O) groups is 1. The number of carbonyl (C=O) groups excluding carboxylic acids is 1. The number of hydrogen-bond acceptors (Lipinski definition) is 3. The summed E-state index contributed by atoms with van der Waals surface area (Å²) in [5.41, 5.74) is 0.667. The Morgan fingerprint density at radius 1 is 0.867 bits per heavy atom. The van der Waals surface area contributed by atoms with Crippen molar-refractivity contribution >= 4 is 28.6 Å². The Morgan fingerprint density at radius 2 is 0.867 bits per heavy atom. The first-order valence-corrected chi connectivity index (χ1v) is 4.07. The van der Waals surface area contributed by atoms with Gasteiger partial charge in [-0.1, -0.05) is 34.5 Å². The lowest BCUT2D eigenvalue weighted by Crippen LogP contribution is -1.69. The smallest absolute Gasteiger partial charge is 0.126 e. The first-order valence-electron chi connectivity index (χ1n) is 3.66. The van der Waals surface area contributed by atoms with Crippen molar-refractivity contribution in [2.45, 2.75) is 63.8 Å². The monoisotopic (exact) mass is 237 g/mol. The number of hydrogen-bond donors (Lipinski definition) is 1. The molecule has 15 heavy (non-hydrogen) atoms. The van der Waals surface area contributed by atoms with E-state index in [1.165, 1.54) is 13.8 Å². The van der Waals surface area contributed by atoms with Crippen molar-refractivity contribution in [1.82, 2.24) is 0 Å². The maximum atomic E-state index is 9.44. The molecule has 3 heteroatoms. The van der Waals surface area contributed by atoms with Crippen LogP contribution in [0.3, 0.4) is 0 Å². The van der Waals surface area contributed by atoms with Crippen LogP contribution in [-0.2, 0) is 4.79 Å². The number of ketones is 1. The molecule has 0 aliphatic carbocycles. The first kappa shape index (κ1) is 36.6. The predicted molar refractivity (Wildman–Crippen MR) is 79.6 cm³/mol. The van der Waals surface area contributed by atoms with Gasteiger partial charge in [-0.25, -0.2) is 0 Å². The zero-order chi connectivity index (χ0) is 10.7. The molecule has 0 fully saturated rings. The van der Waals surface area contributed by atoms with Crippen LogP contribution in [0, 0.1) is 5.41 Å². The average molecular weight is 237 g/mol. The molecular formula is C12H31NOS. The summed E-state index contributed by atoms with van der Waals surface area (Å²) in [6.07, 6.45) is 0. The summed E-state index contributed by atoms with van der Waals surface area (Å²) in [5, 5.41) is 6.50. The average Bonchev–Trinajstić information content (AvgIpc) is 1.54. The zero-order valence-corrected chi connectivity index (χ0v) is 9.63. The second-order valence-corrected chi connectivity index (χ2v) is 3.63. The van der Waals surface area contributed by atoms with Crippen LogP contribution in [0.5, 0.6) is 0 Å². The quantitative estimate of drug-likeness (QED) is 0.478. The standard InChI is InChI=1S/C3H7N.C3H6O.C3H6S.3CH4/c3*1-3(2)4;;;/h4H,1-2H3;2*1-2H3;3*1H4. The summed E-state index contributed by atoms with van der Waals surface area (Å²) in [6.45, 7) is 10.4. The number of thiocarbonyl (C=S) groups is 1. The molecule has 0 rings (SSSR count). The maximum absolute atomic E-state index is 9.44. The van der Waals surface area contributed by atoms with Crippen LogP contribution in [0.25, 0.3) is 0 Å². The third-order valence-corrected chi connectivity index (χ3v) is 0. The van der Waals surface area contributed by atoms with E-state index >= 15 is 0 Å². The van der Waals surface area contributed by atoms with Crippen LogP contribution in [0.4, 0.5) is 0 Å². The second-order valence-electron chi connectivity index (χ2n) is 2.82. The topological polar surface area (TPSA) is 40.9 Å². The molecule has 0 aromatic rings. The fraction of sp³-hybridized carbons (Fsp3) is 0.750. The van der Waals surface area contributed by atoms with Crippen molar-refractivity contribution in [3.63, 3.8) is 0 Å². The van der Waals surface area contributed by atoms with Crippen LogP contribution in [0.1, 0.15) is 63.8 Å². The van der Waals surface area contributed by atoms with Gasteiger partial charge in [-0.15, -0.1) is 0 Å². The fourth-order valence-corrected chi connectivity index (χ4v) is 0. The highest BCUT2D eigenvalue weighted by atomic mass is 32.1. The Morgan fingerprint density at radius 3 is 0.867 bits per heavy atom. The SMILES string of the molecule is C.C.C.CC(C)=N.CC(C)=O.CC(C)=S. The van der Waals surface area contributed by atoms with Gasteiger partial charge in [0.2, 0.25) is 0 Å². The molecule has 0 radical (unpaired) electrons. The molecule has 0 saturated heterocycles. The van der Waals surface area contributed by atoms with Gasteiger partial charge in [-0.05, 0) is 46.4 Å². The van der Waals surface area contributed by atoms with Gasteiger partial charge in [-0.3, -0.25) is 0 Å². The summed E-state index contributed by atoms with van der Waals surface area (Å²) in [7, 11) is 0. The van der Waals surface area contributed by atoms with E-state index in [1.54, 1.807) is 13.8 Å². The normalized spacial score (nSPS) is 5.20. The molecule has 0 unspecified atom stereocenters. The summed E-state index contributed by atoms with van der Waals surface area (Å²) < 4.78 is 0. The Balaban J connectivity index is -0.0000000184. The molecule has 0 bridgehead atoms. The molecule has 0 heterocycles. The number of nitrogens with one attached hydrogen (secondary N) is 1. The zero-order valence-electron chi connectivity index (χ0n) is 8.82. The molecule has 0 aromatic heterocycles. The highest BCUT2D eigenvalue weighted by Crippen LogP contribution is 1.61. The van der Waals surface area contributed by atoms with Crippen LogP contribution in [0.15, 0.2) is 0 Å². The van der Waals surface area contributed by atoms with Crippen molar-refractivity contribution in [3.05, 3.63) is 0 Å². The molecule has 0 spiro atoms. The van der Waals surface area contributed by atoms with E-state index in [-0.39, 0.29) is 28.1 Å². The van der Waals surface area contributed by atoms with Gasteiger partial charge >= 0.3 is 0 Å². The first-order chi connectivity index (χ1) is 5.20. The Hall–Kier alpha value is -0.570. The summed E-state index contributed by atoms with van der Waals surface area (Å²) >= 11 is 4.54. The maximum Gasteiger partial charge on any atom is 0.126 e. The van der Waals surface area contributed by atoms with E-state index in [9.17, 15) is 4.79 Å². The molecule has 0 amide bonds. The molecule has 0 aliphatic heterocycles. The minimum absolute atomic E-state index is 0. The van der Waals surface area contributed by atoms with Crippen LogP contribution in [-0.4, -0.2) is 16.4 Å². The molecule has 2 nitrogen and oxygen atoms in total. The van der Waals surface area contributed by atoms with E-state index in [4.69, 9.17) is 5.41 Å². The van der Waals surface area contributed by atoms with Gasteiger partial charge < -0.3 is 10.2 Å². The molecule has 0 atom stereocenters. The van der Waals surface area contributed by atoms with Crippen molar-refractivity contribution in [3.8, 4) is 0 Å². The van der Waals surface area contributed by atoms with Crippen LogP contribution < -0.4 is 0 Å². The lowest BCUT2D eigenvalue weighted by Gasteiger charge is -1.63. The number of rotatable bonds is 0. The van der Waals surface area contributed by atoms with E-state index < -0.39 is 0 Å². The van der Waals surface area contributed by atoms with Crippen molar-refractivity contribution < 1.29 is 4.79 Å². The van der Waals surface area contributed by atoms with Gasteiger partial charge in [0.15, 0.2) is 0 Å². The highest BCUT2D eigenvalue weighted by molar-refractivity contribution is 7.80. The largest absolute Gasteiger partial charge is 0.310 e. The Bertz CT molecular complexity index is 113. The number of Topliss-reactive ketones (excluding diaryl/α,β-unsaturated/α-hetero) is 1. The van der Waals surface area contributed by atoms with E-state index in [2.05, 4.69) is 12.2 Å². The molecule has 96 valence electrons. The minimum atomic E-state index is 0. The van der Waals surface area contributed by atoms with Gasteiger partial charge in [0.25, 0.3) is 0 Å². The highest BCUT2D eigenvalue weighted by Gasteiger charge is 1.62. The molecule has 0 aromatic carbocycles. The van der Waals surface area contributed by atoms with Gasteiger partial charge in [0.1, 0.15) is 5.78 Å². The van der Waals surface area contributed by atoms with E-state index in [0.717, 1.165) is 4.86 Å². The van der Waals surface area contributed by atoms with Gasteiger partial charge in [0, 0.05) is 5.71 Å². The van der Waals surface area contributed by atoms with Crippen molar-refractivity contribution in [2.24, 2.45) is 0 Å². The predicted octanol–water partition coefficient (Wildman–Crippen LogP) is 4.95. The lowest BCUT2D eigenvalue weighted by atomic mass is 10.5.